The van der Waals surface area contributed by atoms with Crippen molar-refractivity contribution in [2.75, 3.05) is 13.2 Å². The van der Waals surface area contributed by atoms with Crippen molar-refractivity contribution in [3.63, 3.8) is 0 Å². The van der Waals surface area contributed by atoms with Crippen molar-refractivity contribution in [1.29, 1.82) is 0 Å². The monoisotopic (exact) mass is 354 g/mol. The molecule has 0 spiro atoms. The summed E-state index contributed by atoms with van der Waals surface area (Å²) in [5.41, 5.74) is 3.17. The van der Waals surface area contributed by atoms with Gasteiger partial charge in [-0.05, 0) is 32.9 Å². The van der Waals surface area contributed by atoms with Gasteiger partial charge in [-0.3, -0.25) is 0 Å². The Kier molecular flexibility index (Phi) is 4.78. The van der Waals surface area contributed by atoms with Gasteiger partial charge in [0, 0.05) is 30.5 Å². The zero-order valence-corrected chi connectivity index (χ0v) is 15.6. The smallest absolute Gasteiger partial charge is 0.137 e. The zero-order valence-electron chi connectivity index (χ0n) is 15.6. The van der Waals surface area contributed by atoms with Crippen molar-refractivity contribution in [1.82, 2.24) is 20.0 Å². The first-order chi connectivity index (χ1) is 12.6. The zero-order chi connectivity index (χ0) is 18.1. The van der Waals surface area contributed by atoms with Gasteiger partial charge in [-0.1, -0.05) is 17.3 Å². The molecule has 1 aromatic carbocycles. The van der Waals surface area contributed by atoms with Crippen LogP contribution in [-0.4, -0.2) is 34.0 Å². The first kappa shape index (κ1) is 17.2. The van der Waals surface area contributed by atoms with E-state index in [4.69, 9.17) is 14.2 Å². The molecule has 0 radical (unpaired) electrons. The molecule has 2 atom stereocenters. The normalized spacial score (nSPS) is 20.5. The molecule has 4 rings (SSSR count). The Hall–Kier alpha value is -2.18. The van der Waals surface area contributed by atoms with Crippen LogP contribution in [0.15, 0.2) is 34.9 Å². The van der Waals surface area contributed by atoms with Gasteiger partial charge in [0.2, 0.25) is 0 Å². The van der Waals surface area contributed by atoms with Crippen molar-refractivity contribution in [2.24, 2.45) is 5.92 Å². The Morgan fingerprint density at radius 3 is 2.88 bits per heavy atom. The van der Waals surface area contributed by atoms with Crippen LogP contribution in [0.2, 0.25) is 0 Å². The van der Waals surface area contributed by atoms with E-state index in [1.54, 1.807) is 0 Å². The number of aromatic nitrogens is 3. The van der Waals surface area contributed by atoms with Crippen LogP contribution in [0.3, 0.4) is 0 Å². The van der Waals surface area contributed by atoms with Gasteiger partial charge < -0.3 is 19.1 Å². The number of imidazole rings is 1. The Balaban J connectivity index is 1.48. The van der Waals surface area contributed by atoms with Gasteiger partial charge in [-0.2, -0.15) is 0 Å². The second-order valence-electron chi connectivity index (χ2n) is 7.40. The molecule has 6 heteroatoms. The van der Waals surface area contributed by atoms with E-state index >= 15 is 0 Å². The molecule has 0 amide bonds. The van der Waals surface area contributed by atoms with Gasteiger partial charge in [-0.15, -0.1) is 0 Å². The van der Waals surface area contributed by atoms with Gasteiger partial charge >= 0.3 is 0 Å². The van der Waals surface area contributed by atoms with Gasteiger partial charge in [0.15, 0.2) is 0 Å². The Bertz CT molecular complexity index is 883. The third kappa shape index (κ3) is 3.39. The van der Waals surface area contributed by atoms with E-state index < -0.39 is 0 Å². The maximum Gasteiger partial charge on any atom is 0.137 e. The number of nitrogens with zero attached hydrogens (tertiary/aromatic N) is 3. The summed E-state index contributed by atoms with van der Waals surface area (Å²) in [5.74, 6) is 2.39. The lowest BCUT2D eigenvalue weighted by Crippen LogP contribution is -2.36. The lowest BCUT2D eigenvalue weighted by molar-refractivity contribution is 0.181. The van der Waals surface area contributed by atoms with Gasteiger partial charge in [0.1, 0.15) is 11.6 Å². The number of rotatable bonds is 6. The molecule has 1 aliphatic rings. The second-order valence-corrected chi connectivity index (χ2v) is 7.40. The van der Waals surface area contributed by atoms with Crippen LogP contribution in [0, 0.1) is 12.8 Å². The largest absolute Gasteiger partial charge is 0.379 e. The average molecular weight is 354 g/mol. The van der Waals surface area contributed by atoms with Crippen molar-refractivity contribution in [2.45, 2.75) is 45.8 Å². The minimum absolute atomic E-state index is 0.292. The molecule has 3 heterocycles. The number of nitrogens with one attached hydrogen (secondary N) is 1. The first-order valence-electron chi connectivity index (χ1n) is 9.31. The Morgan fingerprint density at radius 2 is 2.12 bits per heavy atom. The molecule has 1 saturated heterocycles. The van der Waals surface area contributed by atoms with E-state index in [0.29, 0.717) is 18.0 Å². The summed E-state index contributed by atoms with van der Waals surface area (Å²) in [7, 11) is 0. The molecule has 0 aliphatic carbocycles. The lowest BCUT2D eigenvalue weighted by Gasteiger charge is -2.19. The van der Waals surface area contributed by atoms with E-state index in [1.807, 2.05) is 19.1 Å². The summed E-state index contributed by atoms with van der Waals surface area (Å²) in [6.45, 7) is 8.55. The van der Waals surface area contributed by atoms with Crippen LogP contribution in [0.5, 0.6) is 0 Å². The summed E-state index contributed by atoms with van der Waals surface area (Å²) in [4.78, 5) is 4.84. The van der Waals surface area contributed by atoms with Crippen LogP contribution in [0.1, 0.15) is 37.2 Å². The number of hydrogen-bond donors (Lipinski definition) is 1. The SMILES string of the molecule is Cc1cc(C[C@@H]2COC[C@H]2NCc2nc3ccccc3n2C(C)C)on1. The van der Waals surface area contributed by atoms with Gasteiger partial charge in [0.05, 0.1) is 36.5 Å². The van der Waals surface area contributed by atoms with Gasteiger partial charge in [-0.25, -0.2) is 4.98 Å². The summed E-state index contributed by atoms with van der Waals surface area (Å²) >= 11 is 0. The predicted octanol–water partition coefficient (Wildman–Crippen LogP) is 3.26. The average Bonchev–Trinajstić information content (AvgIpc) is 3.31. The topological polar surface area (TPSA) is 65.1 Å². The number of hydrogen-bond acceptors (Lipinski definition) is 5. The summed E-state index contributed by atoms with van der Waals surface area (Å²) in [5, 5.41) is 7.64. The van der Waals surface area contributed by atoms with E-state index in [2.05, 4.69) is 47.1 Å². The molecule has 0 bridgehead atoms. The van der Waals surface area contributed by atoms with Crippen LogP contribution < -0.4 is 5.32 Å². The molecule has 3 aromatic rings. The lowest BCUT2D eigenvalue weighted by atomic mass is 9.98. The minimum atomic E-state index is 0.292. The van der Waals surface area contributed by atoms with Gasteiger partial charge in [0.25, 0.3) is 0 Å². The molecular weight excluding hydrogens is 328 g/mol. The Labute approximate surface area is 153 Å². The van der Waals surface area contributed by atoms with Crippen LogP contribution >= 0.6 is 0 Å². The molecular formula is C20H26N4O2. The van der Waals surface area contributed by atoms with E-state index in [-0.39, 0.29) is 0 Å². The minimum Gasteiger partial charge on any atom is -0.379 e. The third-order valence-electron chi connectivity index (χ3n) is 5.05. The molecule has 2 aromatic heterocycles. The predicted molar refractivity (Wildman–Crippen MR) is 100.0 cm³/mol. The highest BCUT2D eigenvalue weighted by Gasteiger charge is 2.29. The maximum absolute atomic E-state index is 5.72. The highest BCUT2D eigenvalue weighted by atomic mass is 16.5. The molecule has 6 nitrogen and oxygen atoms in total. The molecule has 26 heavy (non-hydrogen) atoms. The van der Waals surface area contributed by atoms with E-state index in [9.17, 15) is 0 Å². The van der Waals surface area contributed by atoms with E-state index in [0.717, 1.165) is 49.0 Å². The third-order valence-corrected chi connectivity index (χ3v) is 5.05. The van der Waals surface area contributed by atoms with Crippen LogP contribution in [-0.2, 0) is 17.7 Å². The maximum atomic E-state index is 5.72. The van der Waals surface area contributed by atoms with Crippen LogP contribution in [0.25, 0.3) is 11.0 Å². The summed E-state index contributed by atoms with van der Waals surface area (Å²) in [6.07, 6.45) is 0.846. The van der Waals surface area contributed by atoms with Crippen molar-refractivity contribution < 1.29 is 9.26 Å². The molecule has 138 valence electrons. The Morgan fingerprint density at radius 1 is 1.27 bits per heavy atom. The highest BCUT2D eigenvalue weighted by Crippen LogP contribution is 2.23. The van der Waals surface area contributed by atoms with Crippen molar-refractivity contribution in [3.8, 4) is 0 Å². The van der Waals surface area contributed by atoms with Crippen LogP contribution in [0.4, 0.5) is 0 Å². The molecule has 1 aliphatic heterocycles. The van der Waals surface area contributed by atoms with Crippen molar-refractivity contribution in [3.05, 3.63) is 47.6 Å². The number of benzene rings is 1. The van der Waals surface area contributed by atoms with Crippen molar-refractivity contribution >= 4 is 11.0 Å². The number of para-hydroxylation sites is 2. The highest BCUT2D eigenvalue weighted by molar-refractivity contribution is 5.76. The fraction of sp³-hybridized carbons (Fsp3) is 0.500. The summed E-state index contributed by atoms with van der Waals surface area (Å²) < 4.78 is 13.4. The second kappa shape index (κ2) is 7.21. The molecule has 1 fully saturated rings. The fourth-order valence-corrected chi connectivity index (χ4v) is 3.81. The molecule has 0 saturated carbocycles. The van der Waals surface area contributed by atoms with E-state index in [1.165, 1.54) is 5.52 Å². The first-order valence-corrected chi connectivity index (χ1v) is 9.31. The number of fused-ring (bicyclic) bond motifs is 1. The number of ether oxygens (including phenoxy) is 1. The fourth-order valence-electron chi connectivity index (χ4n) is 3.81. The number of aryl methyl sites for hydroxylation is 1. The summed E-state index contributed by atoms with van der Waals surface area (Å²) in [6, 6.07) is 11.0. The quantitative estimate of drug-likeness (QED) is 0.736. The molecule has 0 unspecified atom stereocenters. The molecule has 1 N–H and O–H groups in total. The standard InChI is InChI=1S/C20H26N4O2/c1-13(2)24-19-7-5-4-6-17(19)22-20(24)10-21-18-12-25-11-15(18)9-16-8-14(3)23-26-16/h4-8,13,15,18,21H,9-12H2,1-3H3/t15-,18-/m1/s1.